The molecule has 0 aromatic rings. The van der Waals surface area contributed by atoms with Crippen molar-refractivity contribution in [2.24, 2.45) is 50.7 Å². The lowest BCUT2D eigenvalue weighted by molar-refractivity contribution is -0.249. The quantitative estimate of drug-likeness (QED) is 0.328. The third kappa shape index (κ3) is 5.62. The van der Waals surface area contributed by atoms with E-state index in [1.807, 2.05) is 20.8 Å². The highest BCUT2D eigenvalue weighted by Crippen LogP contribution is 2.89. The first kappa shape index (κ1) is 37.6. The van der Waals surface area contributed by atoms with Crippen LogP contribution in [0.25, 0.3) is 0 Å². The molecule has 5 saturated carbocycles. The molecule has 0 radical (unpaired) electrons. The maximum atomic E-state index is 12.6. The van der Waals surface area contributed by atoms with Crippen LogP contribution in [-0.2, 0) is 23.7 Å². The normalized spacial score (nSPS) is 50.4. The Balaban J connectivity index is 0.970. The molecule has 8 rings (SSSR count). The number of morpholine rings is 2. The maximum Gasteiger partial charge on any atom is 0.170 e. The molecule has 3 heterocycles. The number of nitrogens with zero attached hydrogens (tertiary/aromatic N) is 2. The highest BCUT2D eigenvalue weighted by molar-refractivity contribution is 5.33. The molecule has 9 nitrogen and oxygen atoms in total. The van der Waals surface area contributed by atoms with Gasteiger partial charge in [0.05, 0.1) is 49.8 Å². The van der Waals surface area contributed by atoms with Gasteiger partial charge in [-0.3, -0.25) is 9.80 Å². The van der Waals surface area contributed by atoms with Crippen LogP contribution in [0.3, 0.4) is 0 Å². The van der Waals surface area contributed by atoms with Crippen LogP contribution >= 0.6 is 0 Å². The van der Waals surface area contributed by atoms with Gasteiger partial charge in [-0.15, -0.1) is 0 Å². The van der Waals surface area contributed by atoms with Crippen LogP contribution in [0.1, 0.15) is 107 Å². The predicted molar refractivity (Wildman–Crippen MR) is 196 cm³/mol. The third-order valence-electron chi connectivity index (χ3n) is 17.4. The monoisotopic (exact) mass is 717 g/mol. The molecule has 3 saturated heterocycles. The van der Waals surface area contributed by atoms with Crippen molar-refractivity contribution in [3.63, 3.8) is 0 Å². The Kier molecular flexibility index (Phi) is 9.66. The van der Waals surface area contributed by atoms with Gasteiger partial charge in [0.1, 0.15) is 6.10 Å². The van der Waals surface area contributed by atoms with Crippen LogP contribution in [0, 0.1) is 50.7 Å². The van der Waals surface area contributed by atoms with E-state index >= 15 is 0 Å². The second kappa shape index (κ2) is 13.1. The Morgan fingerprint density at radius 2 is 1.59 bits per heavy atom. The fourth-order valence-electron chi connectivity index (χ4n) is 14.9. The summed E-state index contributed by atoms with van der Waals surface area (Å²) in [5.41, 5.74) is -0.460. The molecule has 3 aliphatic heterocycles. The zero-order valence-electron chi connectivity index (χ0n) is 33.3. The topological polar surface area (TPSA) is 93.1 Å². The summed E-state index contributed by atoms with van der Waals surface area (Å²) in [4.78, 5) is 5.06. The molecule has 5 aliphatic carbocycles. The standard InChI is InChI=1S/C42H72N2O7/c1-9-48-36(38(5,6)46)28-24-27(2)33-34(50-28)35(45)40(8)30-11-10-29-37(3,4)31(12-13-41(29)26-42(30,41)15-14-39(33,40)7)51-32-25-44(20-23-49-32)17-16-43-18-21-47-22-19-43/h27-36,45-46H,9-26H2,1-8H3/t27-,28-,29+,30+,31+,32+,33+,34+,35+,36+,39-,40-,41-,42+/m1/s1. The van der Waals surface area contributed by atoms with E-state index in [4.69, 9.17) is 23.7 Å². The Morgan fingerprint density at radius 1 is 0.902 bits per heavy atom. The van der Waals surface area contributed by atoms with Crippen molar-refractivity contribution in [1.29, 1.82) is 0 Å². The van der Waals surface area contributed by atoms with Gasteiger partial charge < -0.3 is 33.9 Å². The summed E-state index contributed by atoms with van der Waals surface area (Å²) < 4.78 is 32.0. The van der Waals surface area contributed by atoms with E-state index in [2.05, 4.69) is 44.4 Å². The van der Waals surface area contributed by atoms with Crippen molar-refractivity contribution in [1.82, 2.24) is 9.80 Å². The largest absolute Gasteiger partial charge is 0.390 e. The van der Waals surface area contributed by atoms with Crippen molar-refractivity contribution in [3.05, 3.63) is 0 Å². The average molecular weight is 717 g/mol. The number of ether oxygens (including phenoxy) is 5. The summed E-state index contributed by atoms with van der Waals surface area (Å²) in [7, 11) is 0. The Morgan fingerprint density at radius 3 is 2.31 bits per heavy atom. The fourth-order valence-corrected chi connectivity index (χ4v) is 14.9. The van der Waals surface area contributed by atoms with Crippen LogP contribution in [0.5, 0.6) is 0 Å². The van der Waals surface area contributed by atoms with Gasteiger partial charge in [-0.05, 0) is 117 Å². The van der Waals surface area contributed by atoms with Crippen LogP contribution < -0.4 is 0 Å². The number of hydrogen-bond acceptors (Lipinski definition) is 9. The van der Waals surface area contributed by atoms with Gasteiger partial charge in [0.15, 0.2) is 6.29 Å². The SMILES string of the molecule is CCO[C@@H]([C@H]1C[C@@H](C)[C@H]2[C@H](O1)[C@H](O)[C@@]1(C)[C@@H]3CC[C@H]4C(C)(C)[C@@H](O[C@H]5CN(CCN6CCOCC6)CCO5)CC[C@@]45C[C@@]35CC[C@]21C)C(C)(C)O. The van der Waals surface area contributed by atoms with Crippen molar-refractivity contribution in [3.8, 4) is 0 Å². The van der Waals surface area contributed by atoms with Crippen LogP contribution in [0.4, 0.5) is 0 Å². The molecular weight excluding hydrogens is 644 g/mol. The van der Waals surface area contributed by atoms with Crippen molar-refractivity contribution in [2.75, 3.05) is 65.7 Å². The molecule has 0 aromatic carbocycles. The van der Waals surface area contributed by atoms with E-state index in [1.54, 1.807) is 0 Å². The molecule has 9 heteroatoms. The van der Waals surface area contributed by atoms with E-state index in [9.17, 15) is 10.2 Å². The molecule has 8 fully saturated rings. The first-order chi connectivity index (χ1) is 24.1. The summed E-state index contributed by atoms with van der Waals surface area (Å²) in [6.07, 6.45) is 8.06. The molecule has 2 N–H and O–H groups in total. The minimum atomic E-state index is -1.01. The lowest BCUT2D eigenvalue weighted by Crippen LogP contribution is -2.60. The van der Waals surface area contributed by atoms with Gasteiger partial charge in [0.2, 0.25) is 0 Å². The molecule has 292 valence electrons. The first-order valence-electron chi connectivity index (χ1n) is 21.1. The van der Waals surface area contributed by atoms with Crippen LogP contribution in [0.15, 0.2) is 0 Å². The van der Waals surface area contributed by atoms with Gasteiger partial charge in [-0.2, -0.15) is 0 Å². The van der Waals surface area contributed by atoms with Gasteiger partial charge in [-0.25, -0.2) is 0 Å². The van der Waals surface area contributed by atoms with Gasteiger partial charge in [-0.1, -0.05) is 34.6 Å². The first-order valence-corrected chi connectivity index (χ1v) is 21.1. The molecule has 0 aromatic heterocycles. The van der Waals surface area contributed by atoms with Crippen LogP contribution in [0.2, 0.25) is 0 Å². The summed E-state index contributed by atoms with van der Waals surface area (Å²) in [6, 6.07) is 0. The van der Waals surface area contributed by atoms with E-state index in [0.29, 0.717) is 41.1 Å². The number of rotatable bonds is 9. The summed E-state index contributed by atoms with van der Waals surface area (Å²) in [5, 5.41) is 23.8. The highest BCUT2D eigenvalue weighted by Gasteiger charge is 2.84. The Labute approximate surface area is 308 Å². The molecular formula is C42H72N2O7. The van der Waals surface area contributed by atoms with E-state index in [1.165, 1.54) is 38.5 Å². The minimum Gasteiger partial charge on any atom is -0.390 e. The predicted octanol–water partition coefficient (Wildman–Crippen LogP) is 5.35. The van der Waals surface area contributed by atoms with Gasteiger partial charge >= 0.3 is 0 Å². The second-order valence-corrected chi connectivity index (χ2v) is 20.3. The van der Waals surface area contributed by atoms with E-state index < -0.39 is 17.8 Å². The lowest BCUT2D eigenvalue weighted by Gasteiger charge is -2.64. The van der Waals surface area contributed by atoms with E-state index in [0.717, 1.165) is 71.9 Å². The van der Waals surface area contributed by atoms with Gasteiger partial charge in [0, 0.05) is 51.3 Å². The summed E-state index contributed by atoms with van der Waals surface area (Å²) in [6.45, 7) is 27.1. The number of aliphatic hydroxyl groups is 2. The zero-order valence-corrected chi connectivity index (χ0v) is 33.3. The fraction of sp³-hybridized carbons (Fsp3) is 1.00. The van der Waals surface area contributed by atoms with Crippen molar-refractivity contribution in [2.45, 2.75) is 149 Å². The molecule has 2 spiro atoms. The summed E-state index contributed by atoms with van der Waals surface area (Å²) in [5.74, 6) is 1.84. The molecule has 8 aliphatic rings. The Hall–Kier alpha value is -0.360. The van der Waals surface area contributed by atoms with Gasteiger partial charge in [0.25, 0.3) is 0 Å². The van der Waals surface area contributed by atoms with Crippen molar-refractivity contribution < 1.29 is 33.9 Å². The molecule has 0 unspecified atom stereocenters. The summed E-state index contributed by atoms with van der Waals surface area (Å²) >= 11 is 0. The number of hydrogen-bond donors (Lipinski definition) is 2. The number of fused-ring (bicyclic) bond motifs is 4. The molecule has 0 amide bonds. The highest BCUT2D eigenvalue weighted by atomic mass is 16.7. The zero-order chi connectivity index (χ0) is 36.2. The molecule has 51 heavy (non-hydrogen) atoms. The molecule has 14 atom stereocenters. The smallest absolute Gasteiger partial charge is 0.170 e. The van der Waals surface area contributed by atoms with Crippen molar-refractivity contribution >= 4 is 0 Å². The van der Waals surface area contributed by atoms with E-state index in [-0.39, 0.29) is 40.8 Å². The lowest BCUT2D eigenvalue weighted by atomic mass is 9.41. The van der Waals surface area contributed by atoms with Crippen LogP contribution in [-0.4, -0.2) is 128 Å². The Bertz CT molecular complexity index is 1270. The minimum absolute atomic E-state index is 0.0195. The second-order valence-electron chi connectivity index (χ2n) is 20.3. The average Bonchev–Trinajstić information content (AvgIpc) is 3.72. The third-order valence-corrected chi connectivity index (χ3v) is 17.4. The maximum absolute atomic E-state index is 12.6. The molecule has 0 bridgehead atoms. The number of aliphatic hydroxyl groups excluding tert-OH is 1.